The van der Waals surface area contributed by atoms with E-state index in [1.165, 1.54) is 6.08 Å². The molecule has 7 heavy (non-hydrogen) atoms. The van der Waals surface area contributed by atoms with Crippen molar-refractivity contribution in [3.05, 3.63) is 17.1 Å². The molecule has 0 aliphatic heterocycles. The molecule has 38 valence electrons. The van der Waals surface area contributed by atoms with Crippen LogP contribution in [-0.2, 0) is 4.79 Å². The number of hydrogen-bond acceptors (Lipinski definition) is 2. The molecule has 0 rings (SSSR count). The summed E-state index contributed by atoms with van der Waals surface area (Å²) in [6, 6.07) is 0. The van der Waals surface area contributed by atoms with Crippen molar-refractivity contribution in [3.8, 4) is 0 Å². The monoisotopic (exact) mass is 99.0 g/mol. The van der Waals surface area contributed by atoms with E-state index in [-0.39, 0.29) is 0 Å². The molecule has 0 N–H and O–H groups in total. The Labute approximate surface area is 41.0 Å². The summed E-state index contributed by atoms with van der Waals surface area (Å²) in [7, 11) is 0. The molecular formula is C4H5NO2. The van der Waals surface area contributed by atoms with Crippen LogP contribution in [0.1, 0.15) is 6.92 Å². The maximum atomic E-state index is 9.85. The van der Waals surface area contributed by atoms with E-state index in [1.54, 1.807) is 6.92 Å². The molecule has 0 aliphatic carbocycles. The Hall–Kier alpha value is -0.990. The van der Waals surface area contributed by atoms with Crippen LogP contribution in [0, 0.1) is 4.91 Å². The minimum atomic E-state index is -0.734. The summed E-state index contributed by atoms with van der Waals surface area (Å²) in [5, 5.41) is 2.10. The lowest BCUT2D eigenvalue weighted by Gasteiger charge is -1.66. The Morgan fingerprint density at radius 3 is 2.43 bits per heavy atom. The second kappa shape index (κ2) is 3.21. The van der Waals surface area contributed by atoms with E-state index < -0.39 is 5.91 Å². The van der Waals surface area contributed by atoms with Gasteiger partial charge in [-0.1, -0.05) is 6.08 Å². The molecule has 0 saturated carbocycles. The molecule has 0 aliphatic rings. The van der Waals surface area contributed by atoms with Gasteiger partial charge >= 0.3 is 5.91 Å². The number of carbonyl (C=O) groups excluding carboxylic acids is 1. The number of nitrogens with zero attached hydrogens (tertiary/aromatic N) is 1. The molecule has 0 saturated heterocycles. The van der Waals surface area contributed by atoms with Crippen molar-refractivity contribution in [2.45, 2.75) is 6.92 Å². The Morgan fingerprint density at radius 2 is 2.29 bits per heavy atom. The van der Waals surface area contributed by atoms with Crippen molar-refractivity contribution in [2.24, 2.45) is 5.18 Å². The molecule has 0 aromatic heterocycles. The molecular weight excluding hydrogens is 94.0 g/mol. The van der Waals surface area contributed by atoms with Crippen molar-refractivity contribution in [3.63, 3.8) is 0 Å². The zero-order chi connectivity index (χ0) is 5.70. The normalized spacial score (nSPS) is 9.29. The first-order chi connectivity index (χ1) is 3.31. The Balaban J connectivity index is 3.58. The number of amides is 1. The predicted molar refractivity (Wildman–Crippen MR) is 25.6 cm³/mol. The van der Waals surface area contributed by atoms with E-state index in [0.717, 1.165) is 6.08 Å². The lowest BCUT2D eigenvalue weighted by atomic mass is 10.5. The fourth-order valence-corrected chi connectivity index (χ4v) is 0.173. The largest absolute Gasteiger partial charge is 0.309 e. The Kier molecular flexibility index (Phi) is 2.76. The third-order valence-corrected chi connectivity index (χ3v) is 0.399. The molecule has 0 atom stereocenters. The summed E-state index contributed by atoms with van der Waals surface area (Å²) < 4.78 is 0. The molecule has 0 spiro atoms. The van der Waals surface area contributed by atoms with Gasteiger partial charge in [-0.3, -0.25) is 4.79 Å². The molecule has 3 nitrogen and oxygen atoms in total. The molecule has 0 bridgehead atoms. The van der Waals surface area contributed by atoms with Gasteiger partial charge in [-0.05, 0) is 6.92 Å². The molecule has 0 aromatic carbocycles. The van der Waals surface area contributed by atoms with Gasteiger partial charge in [0.05, 0.1) is 0 Å². The van der Waals surface area contributed by atoms with Crippen molar-refractivity contribution in [1.29, 1.82) is 0 Å². The van der Waals surface area contributed by atoms with Gasteiger partial charge in [-0.2, -0.15) is 0 Å². The van der Waals surface area contributed by atoms with Gasteiger partial charge < -0.3 is 0 Å². The average Bonchev–Trinajstić information content (AvgIpc) is 1.68. The van der Waals surface area contributed by atoms with Crippen LogP contribution in [-0.4, -0.2) is 5.91 Å². The second-order valence-electron chi connectivity index (χ2n) is 0.930. The van der Waals surface area contributed by atoms with Crippen molar-refractivity contribution in [1.82, 2.24) is 0 Å². The van der Waals surface area contributed by atoms with Crippen LogP contribution in [0.2, 0.25) is 0 Å². The highest BCUT2D eigenvalue weighted by Crippen LogP contribution is 1.74. The summed E-state index contributed by atoms with van der Waals surface area (Å²) >= 11 is 0. The summed E-state index contributed by atoms with van der Waals surface area (Å²) in [6.45, 7) is 1.64. The minimum absolute atomic E-state index is 0.734. The van der Waals surface area contributed by atoms with Gasteiger partial charge in [0.2, 0.25) is 0 Å². The van der Waals surface area contributed by atoms with Gasteiger partial charge in [-0.25, -0.2) is 0 Å². The number of allylic oxidation sites excluding steroid dienone is 1. The SMILES string of the molecule is CC=CC(=O)N=O. The number of nitroso groups, excluding NO2 is 1. The first kappa shape index (κ1) is 6.01. The maximum Gasteiger partial charge on any atom is 0.309 e. The second-order valence-corrected chi connectivity index (χ2v) is 0.930. The molecule has 3 heteroatoms. The van der Waals surface area contributed by atoms with Crippen LogP contribution >= 0.6 is 0 Å². The fraction of sp³-hybridized carbons (Fsp3) is 0.250. The smallest absolute Gasteiger partial charge is 0.264 e. The Bertz CT molecular complexity index is 106. The summed E-state index contributed by atoms with van der Waals surface area (Å²) in [4.78, 5) is 19.1. The van der Waals surface area contributed by atoms with E-state index in [4.69, 9.17) is 0 Å². The topological polar surface area (TPSA) is 46.5 Å². The van der Waals surface area contributed by atoms with E-state index in [9.17, 15) is 9.70 Å². The standard InChI is InChI=1S/C4H5NO2/c1-2-3-4(6)5-7/h2-3H,1H3. The van der Waals surface area contributed by atoms with E-state index in [2.05, 4.69) is 5.18 Å². The fourth-order valence-electron chi connectivity index (χ4n) is 0.173. The first-order valence-corrected chi connectivity index (χ1v) is 1.81. The van der Waals surface area contributed by atoms with Gasteiger partial charge in [0.25, 0.3) is 0 Å². The summed E-state index contributed by atoms with van der Waals surface area (Å²) in [5.74, 6) is -0.734. The molecule has 0 aromatic rings. The van der Waals surface area contributed by atoms with E-state index in [1.807, 2.05) is 0 Å². The molecule has 0 heterocycles. The average molecular weight is 99.1 g/mol. The first-order valence-electron chi connectivity index (χ1n) is 1.81. The quantitative estimate of drug-likeness (QED) is 0.361. The van der Waals surface area contributed by atoms with Crippen LogP contribution in [0.4, 0.5) is 0 Å². The highest BCUT2D eigenvalue weighted by molar-refractivity contribution is 5.87. The molecule has 0 fully saturated rings. The van der Waals surface area contributed by atoms with E-state index in [0.29, 0.717) is 0 Å². The van der Waals surface area contributed by atoms with Gasteiger partial charge in [0, 0.05) is 11.3 Å². The van der Waals surface area contributed by atoms with Crippen LogP contribution in [0.5, 0.6) is 0 Å². The third kappa shape index (κ3) is 2.82. The van der Waals surface area contributed by atoms with Crippen LogP contribution in [0.3, 0.4) is 0 Å². The molecule has 0 unspecified atom stereocenters. The molecule has 0 radical (unpaired) electrons. The van der Waals surface area contributed by atoms with Crippen LogP contribution in [0.15, 0.2) is 17.3 Å². The predicted octanol–water partition coefficient (Wildman–Crippen LogP) is 0.856. The highest BCUT2D eigenvalue weighted by Gasteiger charge is 1.85. The molecule has 1 amide bonds. The third-order valence-electron chi connectivity index (χ3n) is 0.399. The van der Waals surface area contributed by atoms with Crippen LogP contribution < -0.4 is 0 Å². The Morgan fingerprint density at radius 1 is 1.71 bits per heavy atom. The lowest BCUT2D eigenvalue weighted by Crippen LogP contribution is -1.79. The summed E-state index contributed by atoms with van der Waals surface area (Å²) in [6.07, 6.45) is 2.57. The zero-order valence-electron chi connectivity index (χ0n) is 3.92. The number of rotatable bonds is 1. The number of hydrogen-bond donors (Lipinski definition) is 0. The van der Waals surface area contributed by atoms with Crippen molar-refractivity contribution < 1.29 is 4.79 Å². The number of carbonyl (C=O) groups is 1. The van der Waals surface area contributed by atoms with Gasteiger partial charge in [-0.15, -0.1) is 4.91 Å². The highest BCUT2D eigenvalue weighted by atomic mass is 16.3. The van der Waals surface area contributed by atoms with E-state index >= 15 is 0 Å². The van der Waals surface area contributed by atoms with Gasteiger partial charge in [0.1, 0.15) is 0 Å². The minimum Gasteiger partial charge on any atom is -0.264 e. The summed E-state index contributed by atoms with van der Waals surface area (Å²) in [5.41, 5.74) is 0. The maximum absolute atomic E-state index is 9.85. The lowest BCUT2D eigenvalue weighted by molar-refractivity contribution is -0.113. The van der Waals surface area contributed by atoms with Crippen molar-refractivity contribution in [2.75, 3.05) is 0 Å². The van der Waals surface area contributed by atoms with Crippen molar-refractivity contribution >= 4 is 5.91 Å². The van der Waals surface area contributed by atoms with Crippen LogP contribution in [0.25, 0.3) is 0 Å². The zero-order valence-corrected chi connectivity index (χ0v) is 3.92. The van der Waals surface area contributed by atoms with Gasteiger partial charge in [0.15, 0.2) is 0 Å².